The first-order chi connectivity index (χ1) is 15.6. The van der Waals surface area contributed by atoms with Crippen molar-refractivity contribution in [2.24, 2.45) is 0 Å². The van der Waals surface area contributed by atoms with E-state index < -0.39 is 5.97 Å². The van der Waals surface area contributed by atoms with Crippen molar-refractivity contribution in [2.75, 3.05) is 13.7 Å². The number of halogens is 1. The summed E-state index contributed by atoms with van der Waals surface area (Å²) >= 11 is 6.26. The fourth-order valence-electron chi connectivity index (χ4n) is 3.78. The maximum atomic E-state index is 12.6. The molecule has 0 spiro atoms. The molecule has 1 saturated carbocycles. The molecule has 8 nitrogen and oxygen atoms in total. The van der Waals surface area contributed by atoms with Crippen LogP contribution < -0.4 is 4.74 Å². The normalized spacial score (nSPS) is 13.3. The summed E-state index contributed by atoms with van der Waals surface area (Å²) in [5.74, 6) is 0.243. The summed E-state index contributed by atoms with van der Waals surface area (Å²) in [6.45, 7) is 2.03. The smallest absolute Gasteiger partial charge is 0.360 e. The summed E-state index contributed by atoms with van der Waals surface area (Å²) in [6, 6.07) is 9.29. The highest BCUT2D eigenvalue weighted by molar-refractivity contribution is 6.32. The fraction of sp³-hybridized carbons (Fsp3) is 0.261. The van der Waals surface area contributed by atoms with Crippen LogP contribution in [0.1, 0.15) is 41.9 Å². The first-order valence-corrected chi connectivity index (χ1v) is 10.7. The van der Waals surface area contributed by atoms with Crippen molar-refractivity contribution in [3.8, 4) is 28.1 Å². The van der Waals surface area contributed by atoms with Gasteiger partial charge < -0.3 is 9.47 Å². The molecule has 0 saturated heterocycles. The summed E-state index contributed by atoms with van der Waals surface area (Å²) < 4.78 is 12.4. The highest BCUT2D eigenvalue weighted by atomic mass is 35.5. The third kappa shape index (κ3) is 3.46. The molecule has 0 N–H and O–H groups in total. The standard InChI is InChI=1S/C23H20ClN5O3/c1-3-32-23(30)20-21(14-4-5-14)29-22(27-26-20)18(15-6-7-16(24)17(12-15)31-2)19(28-29)13-8-10-25-11-9-13/h6-12,14H,3-5H2,1-2H3. The number of rotatable bonds is 6. The SMILES string of the molecule is CCOC(=O)c1nnc2c(-c3ccc(Cl)c(OC)c3)c(-c3ccncc3)nn2c1C1CC1. The molecule has 0 radical (unpaired) electrons. The van der Waals surface area contributed by atoms with Gasteiger partial charge in [0.25, 0.3) is 0 Å². The number of ether oxygens (including phenoxy) is 2. The van der Waals surface area contributed by atoms with Crippen molar-refractivity contribution < 1.29 is 14.3 Å². The molecule has 1 aliphatic carbocycles. The Morgan fingerprint density at radius 1 is 1.16 bits per heavy atom. The van der Waals surface area contributed by atoms with E-state index in [0.717, 1.165) is 35.2 Å². The summed E-state index contributed by atoms with van der Waals surface area (Å²) in [5, 5.41) is 14.1. The number of esters is 1. The predicted molar refractivity (Wildman–Crippen MR) is 119 cm³/mol. The van der Waals surface area contributed by atoms with Crippen molar-refractivity contribution in [3.05, 3.63) is 59.1 Å². The van der Waals surface area contributed by atoms with Gasteiger partial charge in [-0.3, -0.25) is 4.98 Å². The van der Waals surface area contributed by atoms with Gasteiger partial charge in [0.1, 0.15) is 11.4 Å². The number of carbonyl (C=O) groups excluding carboxylic acids is 1. The molecule has 1 fully saturated rings. The number of hydrogen-bond acceptors (Lipinski definition) is 7. The number of carbonyl (C=O) groups is 1. The van der Waals surface area contributed by atoms with E-state index in [1.54, 1.807) is 37.0 Å². The molecule has 3 aromatic heterocycles. The van der Waals surface area contributed by atoms with Crippen LogP contribution in [0.2, 0.25) is 5.02 Å². The van der Waals surface area contributed by atoms with Gasteiger partial charge in [-0.25, -0.2) is 9.31 Å². The van der Waals surface area contributed by atoms with Crippen LogP contribution in [-0.2, 0) is 4.74 Å². The first kappa shape index (κ1) is 20.4. The lowest BCUT2D eigenvalue weighted by atomic mass is 10.0. The van der Waals surface area contributed by atoms with Crippen LogP contribution in [0.5, 0.6) is 5.75 Å². The quantitative estimate of drug-likeness (QED) is 0.398. The Morgan fingerprint density at radius 3 is 2.62 bits per heavy atom. The zero-order valence-electron chi connectivity index (χ0n) is 17.6. The Hall–Kier alpha value is -3.52. The molecule has 0 bridgehead atoms. The van der Waals surface area contributed by atoms with Gasteiger partial charge in [-0.05, 0) is 49.6 Å². The second kappa shape index (κ2) is 8.20. The molecule has 1 aromatic carbocycles. The Balaban J connectivity index is 1.82. The predicted octanol–water partition coefficient (Wildman–Crippen LogP) is 4.57. The van der Waals surface area contributed by atoms with E-state index in [2.05, 4.69) is 15.2 Å². The molecule has 0 unspecified atom stereocenters. The minimum atomic E-state index is -0.487. The molecule has 1 aliphatic rings. The van der Waals surface area contributed by atoms with E-state index >= 15 is 0 Å². The number of aromatic nitrogens is 5. The van der Waals surface area contributed by atoms with Gasteiger partial charge in [0.15, 0.2) is 11.3 Å². The van der Waals surface area contributed by atoms with E-state index in [9.17, 15) is 4.79 Å². The number of benzene rings is 1. The average Bonchev–Trinajstić information content (AvgIpc) is 3.58. The van der Waals surface area contributed by atoms with E-state index in [-0.39, 0.29) is 18.2 Å². The van der Waals surface area contributed by atoms with Gasteiger partial charge in [0, 0.05) is 23.9 Å². The van der Waals surface area contributed by atoms with Crippen molar-refractivity contribution in [2.45, 2.75) is 25.7 Å². The number of pyridine rings is 1. The van der Waals surface area contributed by atoms with Gasteiger partial charge in [0.05, 0.1) is 30.0 Å². The van der Waals surface area contributed by atoms with Crippen molar-refractivity contribution in [3.63, 3.8) is 0 Å². The second-order valence-corrected chi connectivity index (χ2v) is 7.88. The molecular weight excluding hydrogens is 430 g/mol. The Kier molecular flexibility index (Phi) is 5.22. The molecule has 0 amide bonds. The Bertz CT molecular complexity index is 1320. The van der Waals surface area contributed by atoms with Crippen LogP contribution >= 0.6 is 11.6 Å². The molecule has 5 rings (SSSR count). The van der Waals surface area contributed by atoms with E-state index in [0.29, 0.717) is 22.1 Å². The van der Waals surface area contributed by atoms with Crippen LogP contribution in [-0.4, -0.2) is 44.5 Å². The lowest BCUT2D eigenvalue weighted by Gasteiger charge is -2.09. The zero-order chi connectivity index (χ0) is 22.2. The van der Waals surface area contributed by atoms with E-state index in [1.807, 2.05) is 24.3 Å². The maximum Gasteiger partial charge on any atom is 0.360 e. The minimum Gasteiger partial charge on any atom is -0.495 e. The number of methoxy groups -OCH3 is 1. The Labute approximate surface area is 189 Å². The van der Waals surface area contributed by atoms with Gasteiger partial charge in [0.2, 0.25) is 0 Å². The zero-order valence-corrected chi connectivity index (χ0v) is 18.3. The average molecular weight is 450 g/mol. The number of fused-ring (bicyclic) bond motifs is 1. The topological polar surface area (TPSA) is 91.5 Å². The van der Waals surface area contributed by atoms with Crippen LogP contribution in [0.3, 0.4) is 0 Å². The number of hydrogen-bond donors (Lipinski definition) is 0. The molecule has 162 valence electrons. The fourth-order valence-corrected chi connectivity index (χ4v) is 3.97. The lowest BCUT2D eigenvalue weighted by molar-refractivity contribution is 0.0515. The Morgan fingerprint density at radius 2 is 1.94 bits per heavy atom. The summed E-state index contributed by atoms with van der Waals surface area (Å²) in [4.78, 5) is 16.7. The third-order valence-corrected chi connectivity index (χ3v) is 5.72. The van der Waals surface area contributed by atoms with Gasteiger partial charge >= 0.3 is 5.97 Å². The van der Waals surface area contributed by atoms with Crippen molar-refractivity contribution >= 4 is 23.2 Å². The molecule has 3 heterocycles. The van der Waals surface area contributed by atoms with Crippen molar-refractivity contribution in [1.82, 2.24) is 24.8 Å². The van der Waals surface area contributed by atoms with Crippen LogP contribution in [0.25, 0.3) is 28.0 Å². The minimum absolute atomic E-state index is 0.185. The summed E-state index contributed by atoms with van der Waals surface area (Å²) in [6.07, 6.45) is 5.34. The molecular formula is C23H20ClN5O3. The number of nitrogens with zero attached hydrogens (tertiary/aromatic N) is 5. The van der Waals surface area contributed by atoms with E-state index in [1.165, 1.54) is 0 Å². The van der Waals surface area contributed by atoms with Crippen LogP contribution in [0.4, 0.5) is 0 Å². The highest BCUT2D eigenvalue weighted by Crippen LogP contribution is 2.44. The largest absolute Gasteiger partial charge is 0.495 e. The van der Waals surface area contributed by atoms with Crippen LogP contribution in [0, 0.1) is 0 Å². The molecule has 9 heteroatoms. The summed E-state index contributed by atoms with van der Waals surface area (Å²) in [7, 11) is 1.57. The lowest BCUT2D eigenvalue weighted by Crippen LogP contribution is -2.15. The van der Waals surface area contributed by atoms with Gasteiger partial charge in [-0.2, -0.15) is 5.10 Å². The first-order valence-electron chi connectivity index (χ1n) is 10.3. The van der Waals surface area contributed by atoms with Crippen molar-refractivity contribution in [1.29, 1.82) is 0 Å². The molecule has 0 aliphatic heterocycles. The molecule has 0 atom stereocenters. The third-order valence-electron chi connectivity index (χ3n) is 5.40. The highest BCUT2D eigenvalue weighted by Gasteiger charge is 2.35. The van der Waals surface area contributed by atoms with E-state index in [4.69, 9.17) is 26.2 Å². The van der Waals surface area contributed by atoms with Gasteiger partial charge in [-0.15, -0.1) is 10.2 Å². The monoisotopic (exact) mass is 449 g/mol. The molecule has 4 aromatic rings. The van der Waals surface area contributed by atoms with Gasteiger partial charge in [-0.1, -0.05) is 17.7 Å². The van der Waals surface area contributed by atoms with Crippen LogP contribution in [0.15, 0.2) is 42.7 Å². The summed E-state index contributed by atoms with van der Waals surface area (Å²) in [5.41, 5.74) is 4.67. The maximum absolute atomic E-state index is 12.6. The second-order valence-electron chi connectivity index (χ2n) is 7.47. The molecule has 32 heavy (non-hydrogen) atoms.